The van der Waals surface area contributed by atoms with Crippen molar-refractivity contribution in [3.63, 3.8) is 0 Å². The zero-order valence-electron chi connectivity index (χ0n) is 15.9. The average molecular weight is 361 g/mol. The highest BCUT2D eigenvalue weighted by Crippen LogP contribution is 2.19. The van der Waals surface area contributed by atoms with Crippen molar-refractivity contribution in [1.82, 2.24) is 14.8 Å². The molecule has 4 heteroatoms. The molecule has 2 aromatic carbocycles. The monoisotopic (exact) mass is 361 g/mol. The van der Waals surface area contributed by atoms with Crippen molar-refractivity contribution < 1.29 is 4.79 Å². The van der Waals surface area contributed by atoms with Crippen LogP contribution in [0.5, 0.6) is 0 Å². The van der Waals surface area contributed by atoms with Gasteiger partial charge in [0.25, 0.3) is 0 Å². The lowest BCUT2D eigenvalue weighted by Gasteiger charge is -2.18. The Morgan fingerprint density at radius 2 is 1.70 bits per heavy atom. The minimum atomic E-state index is 0.0513. The van der Waals surface area contributed by atoms with Crippen LogP contribution >= 0.6 is 0 Å². The molecule has 3 aromatic rings. The van der Waals surface area contributed by atoms with Crippen molar-refractivity contribution in [2.75, 3.05) is 13.1 Å². The minimum Gasteiger partial charge on any atom is -0.350 e. The van der Waals surface area contributed by atoms with Crippen molar-refractivity contribution in [2.45, 2.75) is 39.4 Å². The molecule has 0 unspecified atom stereocenters. The molecule has 1 aromatic heterocycles. The number of amides is 1. The number of nitrogens with zero attached hydrogens (tertiary/aromatic N) is 2. The van der Waals surface area contributed by atoms with E-state index in [1.807, 2.05) is 12.1 Å². The number of aryl methyl sites for hydroxylation is 1. The molecule has 1 N–H and O–H groups in total. The molecule has 1 amide bonds. The molecule has 2 heterocycles. The number of aromatic nitrogens is 1. The lowest BCUT2D eigenvalue weighted by molar-refractivity contribution is -0.121. The number of hydrogen-bond donors (Lipinski definition) is 1. The Kier molecular flexibility index (Phi) is 5.26. The summed E-state index contributed by atoms with van der Waals surface area (Å²) in [6.07, 6.45) is 2.59. The first-order valence-electron chi connectivity index (χ1n) is 9.81. The van der Waals surface area contributed by atoms with Crippen LogP contribution in [0.15, 0.2) is 54.6 Å². The van der Waals surface area contributed by atoms with Crippen LogP contribution in [0, 0.1) is 6.92 Å². The van der Waals surface area contributed by atoms with E-state index in [1.165, 1.54) is 42.4 Å². The van der Waals surface area contributed by atoms with Gasteiger partial charge in [0, 0.05) is 24.3 Å². The maximum Gasteiger partial charge on any atom is 0.240 e. The molecule has 0 aliphatic carbocycles. The Bertz CT molecular complexity index is 938. The van der Waals surface area contributed by atoms with Gasteiger partial charge in [0.15, 0.2) is 0 Å². The van der Waals surface area contributed by atoms with Gasteiger partial charge in [-0.2, -0.15) is 0 Å². The van der Waals surface area contributed by atoms with E-state index < -0.39 is 0 Å². The number of likely N-dealkylation sites (tertiary alicyclic amines) is 1. The fourth-order valence-corrected chi connectivity index (χ4v) is 4.02. The molecule has 1 aliphatic heterocycles. The molecule has 4 rings (SSSR count). The van der Waals surface area contributed by atoms with Gasteiger partial charge in [-0.05, 0) is 61.5 Å². The third kappa shape index (κ3) is 4.06. The van der Waals surface area contributed by atoms with E-state index >= 15 is 0 Å². The van der Waals surface area contributed by atoms with E-state index in [2.05, 4.69) is 64.2 Å². The lowest BCUT2D eigenvalue weighted by Crippen LogP contribution is -2.28. The summed E-state index contributed by atoms with van der Waals surface area (Å²) in [6.45, 7) is 6.34. The van der Waals surface area contributed by atoms with Crippen LogP contribution in [0.25, 0.3) is 10.9 Å². The Hall–Kier alpha value is -2.59. The third-order valence-electron chi connectivity index (χ3n) is 5.51. The molecular weight excluding hydrogens is 334 g/mol. The van der Waals surface area contributed by atoms with Gasteiger partial charge in [0.2, 0.25) is 5.91 Å². The molecular formula is C23H27N3O. The minimum absolute atomic E-state index is 0.0513. The van der Waals surface area contributed by atoms with Crippen LogP contribution in [0.4, 0.5) is 0 Å². The number of carbonyl (C=O) groups is 1. The van der Waals surface area contributed by atoms with Gasteiger partial charge in [-0.3, -0.25) is 9.69 Å². The maximum absolute atomic E-state index is 12.6. The second-order valence-corrected chi connectivity index (χ2v) is 7.46. The number of para-hydroxylation sites is 1. The predicted molar refractivity (Wildman–Crippen MR) is 109 cm³/mol. The smallest absolute Gasteiger partial charge is 0.240 e. The Balaban J connectivity index is 1.41. The fourth-order valence-electron chi connectivity index (χ4n) is 4.02. The highest BCUT2D eigenvalue weighted by atomic mass is 16.1. The van der Waals surface area contributed by atoms with E-state index in [0.717, 1.165) is 17.8 Å². The summed E-state index contributed by atoms with van der Waals surface area (Å²) in [7, 11) is 0. The van der Waals surface area contributed by atoms with E-state index in [9.17, 15) is 4.79 Å². The normalized spacial score (nSPS) is 14.7. The molecule has 140 valence electrons. The van der Waals surface area contributed by atoms with Crippen molar-refractivity contribution in [1.29, 1.82) is 0 Å². The van der Waals surface area contributed by atoms with Crippen molar-refractivity contribution in [2.24, 2.45) is 0 Å². The standard InChI is InChI=1S/C23H27N3O/c1-18-14-19-8-4-5-11-22(19)26(18)17-23(27)24-15-20-9-2-3-10-21(20)16-25-12-6-7-13-25/h2-5,8-11,14H,6-7,12-13,15-17H2,1H3,(H,24,27). The van der Waals surface area contributed by atoms with Crippen LogP contribution < -0.4 is 5.32 Å². The molecule has 4 nitrogen and oxygen atoms in total. The second-order valence-electron chi connectivity index (χ2n) is 7.46. The van der Waals surface area contributed by atoms with Gasteiger partial charge in [-0.1, -0.05) is 42.5 Å². The summed E-state index contributed by atoms with van der Waals surface area (Å²) in [5.74, 6) is 0.0513. The molecule has 0 saturated carbocycles. The quantitative estimate of drug-likeness (QED) is 0.724. The van der Waals surface area contributed by atoms with E-state index in [-0.39, 0.29) is 5.91 Å². The highest BCUT2D eigenvalue weighted by molar-refractivity contribution is 5.84. The topological polar surface area (TPSA) is 37.3 Å². The van der Waals surface area contributed by atoms with Crippen LogP contribution in [0.3, 0.4) is 0 Å². The van der Waals surface area contributed by atoms with Gasteiger partial charge in [-0.15, -0.1) is 0 Å². The molecule has 27 heavy (non-hydrogen) atoms. The van der Waals surface area contributed by atoms with Crippen LogP contribution in [0.1, 0.15) is 29.7 Å². The molecule has 0 spiro atoms. The van der Waals surface area contributed by atoms with Crippen molar-refractivity contribution in [3.8, 4) is 0 Å². The Morgan fingerprint density at radius 3 is 2.52 bits per heavy atom. The van der Waals surface area contributed by atoms with E-state index in [1.54, 1.807) is 0 Å². The summed E-state index contributed by atoms with van der Waals surface area (Å²) in [4.78, 5) is 15.1. The maximum atomic E-state index is 12.6. The van der Waals surface area contributed by atoms with Gasteiger partial charge in [0.05, 0.1) is 0 Å². The molecule has 0 bridgehead atoms. The first kappa shape index (κ1) is 17.8. The number of carbonyl (C=O) groups excluding carboxylic acids is 1. The van der Waals surface area contributed by atoms with Crippen LogP contribution in [-0.2, 0) is 24.4 Å². The first-order chi connectivity index (χ1) is 13.2. The number of nitrogens with one attached hydrogen (secondary N) is 1. The zero-order valence-corrected chi connectivity index (χ0v) is 15.9. The van der Waals surface area contributed by atoms with E-state index in [4.69, 9.17) is 0 Å². The molecule has 1 saturated heterocycles. The lowest BCUT2D eigenvalue weighted by atomic mass is 10.1. The summed E-state index contributed by atoms with van der Waals surface area (Å²) < 4.78 is 2.08. The van der Waals surface area contributed by atoms with Crippen molar-refractivity contribution >= 4 is 16.8 Å². The summed E-state index contributed by atoms with van der Waals surface area (Å²) in [6, 6.07) is 18.8. The highest BCUT2D eigenvalue weighted by Gasteiger charge is 2.14. The average Bonchev–Trinajstić information content (AvgIpc) is 3.29. The number of benzene rings is 2. The molecule has 1 fully saturated rings. The summed E-state index contributed by atoms with van der Waals surface area (Å²) in [5, 5.41) is 4.30. The number of hydrogen-bond acceptors (Lipinski definition) is 2. The Labute approximate surface area is 160 Å². The summed E-state index contributed by atoms with van der Waals surface area (Å²) in [5.41, 5.74) is 4.76. The summed E-state index contributed by atoms with van der Waals surface area (Å²) >= 11 is 0. The number of rotatable bonds is 6. The molecule has 0 radical (unpaired) electrons. The molecule has 1 aliphatic rings. The third-order valence-corrected chi connectivity index (χ3v) is 5.51. The largest absolute Gasteiger partial charge is 0.350 e. The van der Waals surface area contributed by atoms with Crippen molar-refractivity contribution in [3.05, 3.63) is 71.4 Å². The fraction of sp³-hybridized carbons (Fsp3) is 0.348. The van der Waals surface area contributed by atoms with E-state index in [0.29, 0.717) is 13.1 Å². The SMILES string of the molecule is Cc1cc2ccccc2n1CC(=O)NCc1ccccc1CN1CCCC1. The van der Waals surface area contributed by atoms with Gasteiger partial charge < -0.3 is 9.88 Å². The van der Waals surface area contributed by atoms with Crippen LogP contribution in [-0.4, -0.2) is 28.5 Å². The predicted octanol–water partition coefficient (Wildman–Crippen LogP) is 3.86. The zero-order chi connectivity index (χ0) is 18.6. The first-order valence-corrected chi connectivity index (χ1v) is 9.81. The molecule has 0 atom stereocenters. The number of fused-ring (bicyclic) bond motifs is 1. The van der Waals surface area contributed by atoms with Gasteiger partial charge in [0.1, 0.15) is 6.54 Å². The second kappa shape index (κ2) is 7.97. The van der Waals surface area contributed by atoms with Gasteiger partial charge in [-0.25, -0.2) is 0 Å². The van der Waals surface area contributed by atoms with Gasteiger partial charge >= 0.3 is 0 Å². The Morgan fingerprint density at radius 1 is 1.00 bits per heavy atom. The van der Waals surface area contributed by atoms with Crippen LogP contribution in [0.2, 0.25) is 0 Å².